The van der Waals surface area contributed by atoms with Crippen molar-refractivity contribution < 1.29 is 32.2 Å². The second-order valence-corrected chi connectivity index (χ2v) is 8.20. The van der Waals surface area contributed by atoms with Gasteiger partial charge < -0.3 is 19.1 Å². The first kappa shape index (κ1) is 28.5. The third-order valence-electron chi connectivity index (χ3n) is 5.69. The molecule has 2 heterocycles. The predicted molar refractivity (Wildman–Crippen MR) is 121 cm³/mol. The molecule has 0 unspecified atom stereocenters. The van der Waals surface area contributed by atoms with E-state index >= 15 is 0 Å². The summed E-state index contributed by atoms with van der Waals surface area (Å²) >= 11 is 0. The molecule has 0 aromatic carbocycles. The fraction of sp³-hybridized carbons (Fsp3) is 0.696. The van der Waals surface area contributed by atoms with Crippen molar-refractivity contribution in [1.82, 2.24) is 14.5 Å². The van der Waals surface area contributed by atoms with E-state index in [1.165, 1.54) is 0 Å². The zero-order valence-corrected chi connectivity index (χ0v) is 19.9. The van der Waals surface area contributed by atoms with Crippen LogP contribution < -0.4 is 11.2 Å². The number of halogens is 3. The summed E-state index contributed by atoms with van der Waals surface area (Å²) < 4.78 is 56.7. The van der Waals surface area contributed by atoms with Crippen LogP contribution in [0.2, 0.25) is 0 Å². The van der Waals surface area contributed by atoms with Crippen molar-refractivity contribution in [2.24, 2.45) is 0 Å². The minimum atomic E-state index is -4.96. The van der Waals surface area contributed by atoms with Gasteiger partial charge in [-0.25, -0.2) is 9.59 Å². The molecule has 0 radical (unpaired) electrons. The van der Waals surface area contributed by atoms with E-state index < -0.39 is 47.5 Å². The molecular formula is C23H32F3N3O6. The smallest absolute Gasteiger partial charge is 0.423 e. The molecule has 2 rings (SSSR count). The number of H-pyrrole nitrogens is 1. The summed E-state index contributed by atoms with van der Waals surface area (Å²) in [6.45, 7) is 4.57. The summed E-state index contributed by atoms with van der Waals surface area (Å²) in [5.41, 5.74) is -4.15. The van der Waals surface area contributed by atoms with Gasteiger partial charge in [-0.1, -0.05) is 38.5 Å². The molecule has 0 bridgehead atoms. The number of aromatic nitrogens is 2. The predicted octanol–water partition coefficient (Wildman–Crippen LogP) is 3.29. The van der Waals surface area contributed by atoms with E-state index in [-0.39, 0.29) is 19.6 Å². The van der Waals surface area contributed by atoms with Crippen LogP contribution in [0.1, 0.15) is 64.2 Å². The largest absolute Gasteiger partial charge is 0.447 e. The molecule has 0 spiro atoms. The molecule has 1 fully saturated rings. The average molecular weight is 504 g/mol. The van der Waals surface area contributed by atoms with Gasteiger partial charge in [0.05, 0.1) is 6.10 Å². The molecule has 1 amide bonds. The molecule has 12 heteroatoms. The number of nitrogens with zero attached hydrogens (tertiary/aromatic N) is 2. The number of carbonyl (C=O) groups excluding carboxylic acids is 1. The van der Waals surface area contributed by atoms with Gasteiger partial charge in [-0.15, -0.1) is 6.42 Å². The van der Waals surface area contributed by atoms with E-state index in [1.54, 1.807) is 9.88 Å². The average Bonchev–Trinajstić information content (AvgIpc) is 3.20. The van der Waals surface area contributed by atoms with Crippen LogP contribution in [-0.2, 0) is 20.4 Å². The molecule has 1 aromatic heterocycles. The Bertz CT molecular complexity index is 984. The molecule has 196 valence electrons. The number of nitrogens with one attached hydrogen (secondary N) is 1. The van der Waals surface area contributed by atoms with Crippen LogP contribution in [0.25, 0.3) is 0 Å². The van der Waals surface area contributed by atoms with Crippen molar-refractivity contribution in [3.63, 3.8) is 0 Å². The van der Waals surface area contributed by atoms with Crippen LogP contribution in [0.3, 0.4) is 0 Å². The quantitative estimate of drug-likeness (QED) is 0.347. The first-order chi connectivity index (χ1) is 16.6. The maximum atomic E-state index is 13.2. The highest BCUT2D eigenvalue weighted by Crippen LogP contribution is 2.32. The van der Waals surface area contributed by atoms with Gasteiger partial charge in [-0.3, -0.25) is 14.3 Å². The fourth-order valence-electron chi connectivity index (χ4n) is 3.78. The number of amides is 1. The Hall–Kier alpha value is -2.78. The van der Waals surface area contributed by atoms with Crippen LogP contribution in [0.4, 0.5) is 18.0 Å². The Balaban J connectivity index is 2.08. The highest BCUT2D eigenvalue weighted by molar-refractivity contribution is 5.67. The molecule has 1 aromatic rings. The van der Waals surface area contributed by atoms with Gasteiger partial charge in [0.2, 0.25) is 0 Å². The van der Waals surface area contributed by atoms with E-state index in [1.807, 2.05) is 6.92 Å². The Labute approximate surface area is 201 Å². The molecule has 1 aliphatic rings. The Morgan fingerprint density at radius 1 is 1.29 bits per heavy atom. The number of unbranched alkanes of at least 4 members (excludes halogenated alkanes) is 4. The summed E-state index contributed by atoms with van der Waals surface area (Å²) in [5.74, 6) is 2.29. The zero-order valence-electron chi connectivity index (χ0n) is 19.9. The lowest BCUT2D eigenvalue weighted by atomic mass is 10.1. The zero-order chi connectivity index (χ0) is 26.0. The molecule has 3 atom stereocenters. The standard InChI is InChI=1S/C23H32F3N3O6/c1-4-7-8-9-10-11-28(6-3)22(32)34-15-18-17(33-12-5-2)13-19(35-18)29-14-16(23(24,25)26)20(30)27-21(29)31/h2,14,17-19H,4,6-13,15H2,1,3H3,(H,27,30,31)/t17-,18+,19+/m0/s1. The molecule has 1 N–H and O–H groups in total. The van der Waals surface area contributed by atoms with Gasteiger partial charge >= 0.3 is 18.0 Å². The van der Waals surface area contributed by atoms with Crippen LogP contribution in [0.15, 0.2) is 15.8 Å². The van der Waals surface area contributed by atoms with Gasteiger partial charge in [0.1, 0.15) is 31.1 Å². The van der Waals surface area contributed by atoms with E-state index in [0.29, 0.717) is 23.9 Å². The Morgan fingerprint density at radius 3 is 2.63 bits per heavy atom. The number of carbonyl (C=O) groups is 1. The second kappa shape index (κ2) is 13.3. The highest BCUT2D eigenvalue weighted by Gasteiger charge is 2.40. The topological polar surface area (TPSA) is 103 Å². The third kappa shape index (κ3) is 8.14. The minimum Gasteiger partial charge on any atom is -0.447 e. The Kier molecular flexibility index (Phi) is 10.9. The molecule has 35 heavy (non-hydrogen) atoms. The minimum absolute atomic E-state index is 0.0396. The maximum Gasteiger partial charge on any atom is 0.423 e. The van der Waals surface area contributed by atoms with Gasteiger partial charge in [-0.2, -0.15) is 13.2 Å². The van der Waals surface area contributed by atoms with Crippen LogP contribution in [0.5, 0.6) is 0 Å². The van der Waals surface area contributed by atoms with E-state index in [2.05, 4.69) is 12.8 Å². The van der Waals surface area contributed by atoms with Gasteiger partial charge in [0, 0.05) is 25.7 Å². The van der Waals surface area contributed by atoms with Crippen molar-refractivity contribution >= 4 is 6.09 Å². The fourth-order valence-corrected chi connectivity index (χ4v) is 3.78. The summed E-state index contributed by atoms with van der Waals surface area (Å²) in [6, 6.07) is 0. The molecule has 0 saturated carbocycles. The maximum absolute atomic E-state index is 13.2. The first-order valence-electron chi connectivity index (χ1n) is 11.7. The second-order valence-electron chi connectivity index (χ2n) is 8.20. The number of terminal acetylenes is 1. The number of rotatable bonds is 12. The number of alkyl halides is 3. The Morgan fingerprint density at radius 2 is 2.00 bits per heavy atom. The van der Waals surface area contributed by atoms with Crippen LogP contribution in [0, 0.1) is 12.3 Å². The van der Waals surface area contributed by atoms with Crippen molar-refractivity contribution in [3.8, 4) is 12.3 Å². The van der Waals surface area contributed by atoms with Gasteiger partial charge in [-0.05, 0) is 13.3 Å². The number of hydrogen-bond donors (Lipinski definition) is 1. The molecular weight excluding hydrogens is 471 g/mol. The van der Waals surface area contributed by atoms with Crippen molar-refractivity contribution in [1.29, 1.82) is 0 Å². The third-order valence-corrected chi connectivity index (χ3v) is 5.69. The van der Waals surface area contributed by atoms with Gasteiger partial charge in [0.15, 0.2) is 0 Å². The van der Waals surface area contributed by atoms with E-state index in [9.17, 15) is 27.6 Å². The lowest BCUT2D eigenvalue weighted by Gasteiger charge is -2.23. The highest BCUT2D eigenvalue weighted by atomic mass is 19.4. The monoisotopic (exact) mass is 503 g/mol. The SMILES string of the molecule is C#CCO[C@H]1C[C@H](n2cc(C(F)(F)F)c(=O)[nH]c2=O)O[C@@H]1COC(=O)N(CC)CCCCCCC. The first-order valence-corrected chi connectivity index (χ1v) is 11.7. The normalized spacial score (nSPS) is 19.9. The van der Waals surface area contributed by atoms with E-state index in [4.69, 9.17) is 20.6 Å². The molecule has 1 saturated heterocycles. The van der Waals surface area contributed by atoms with Crippen LogP contribution in [-0.4, -0.2) is 59.1 Å². The lowest BCUT2D eigenvalue weighted by Crippen LogP contribution is -2.37. The van der Waals surface area contributed by atoms with Crippen molar-refractivity contribution in [2.75, 3.05) is 26.3 Å². The summed E-state index contributed by atoms with van der Waals surface area (Å²) in [4.78, 5) is 39.5. The van der Waals surface area contributed by atoms with Crippen molar-refractivity contribution in [2.45, 2.75) is 77.0 Å². The van der Waals surface area contributed by atoms with Crippen molar-refractivity contribution in [3.05, 3.63) is 32.6 Å². The van der Waals surface area contributed by atoms with Crippen LogP contribution >= 0.6 is 0 Å². The summed E-state index contributed by atoms with van der Waals surface area (Å²) in [6.07, 6.45) is 2.47. The molecule has 9 nitrogen and oxygen atoms in total. The number of aromatic amines is 1. The number of ether oxygens (including phenoxy) is 3. The van der Waals surface area contributed by atoms with Gasteiger partial charge in [0.25, 0.3) is 5.56 Å². The molecule has 1 aliphatic heterocycles. The summed E-state index contributed by atoms with van der Waals surface area (Å²) in [5, 5.41) is 0. The lowest BCUT2D eigenvalue weighted by molar-refractivity contribution is -0.139. The molecule has 0 aliphatic carbocycles. The number of hydrogen-bond acceptors (Lipinski definition) is 6. The summed E-state index contributed by atoms with van der Waals surface area (Å²) in [7, 11) is 0. The van der Waals surface area contributed by atoms with E-state index in [0.717, 1.165) is 32.1 Å².